The minimum absolute atomic E-state index is 0.200. The molecule has 1 saturated heterocycles. The zero-order valence-electron chi connectivity index (χ0n) is 12.7. The van der Waals surface area contributed by atoms with Gasteiger partial charge in [0.05, 0.1) is 10.6 Å². The van der Waals surface area contributed by atoms with Gasteiger partial charge in [-0.25, -0.2) is 9.37 Å². The molecule has 2 heterocycles. The number of piperazine rings is 1. The standard InChI is InChI=1S/C16H14FN5O2/c17-12-3-1-2-4-14(12)20-7-9-21(10-8-20)16-6-5-15(22(23)24)13(11-18)19-16/h1-6H,7-10H2. The predicted octanol–water partition coefficient (Wildman–Crippen LogP) is 2.33. The van der Waals surface area contributed by atoms with Crippen molar-refractivity contribution in [2.75, 3.05) is 36.0 Å². The van der Waals surface area contributed by atoms with Crippen LogP contribution in [0.15, 0.2) is 36.4 Å². The molecule has 0 radical (unpaired) electrons. The molecule has 1 aliphatic heterocycles. The van der Waals surface area contributed by atoms with E-state index in [1.807, 2.05) is 9.80 Å². The van der Waals surface area contributed by atoms with E-state index < -0.39 is 4.92 Å². The summed E-state index contributed by atoms with van der Waals surface area (Å²) < 4.78 is 13.8. The van der Waals surface area contributed by atoms with Crippen LogP contribution in [0.2, 0.25) is 0 Å². The topological polar surface area (TPSA) is 86.3 Å². The fourth-order valence-electron chi connectivity index (χ4n) is 2.73. The second kappa shape index (κ2) is 6.50. The number of rotatable bonds is 3. The SMILES string of the molecule is N#Cc1nc(N2CCN(c3ccccc3F)CC2)ccc1[N+](=O)[O-]. The van der Waals surface area contributed by atoms with Crippen LogP contribution >= 0.6 is 0 Å². The molecule has 1 aliphatic rings. The van der Waals surface area contributed by atoms with Crippen LogP contribution in [0.5, 0.6) is 0 Å². The first kappa shape index (κ1) is 15.7. The molecule has 1 aromatic carbocycles. The molecule has 0 N–H and O–H groups in total. The Morgan fingerprint density at radius 3 is 2.42 bits per heavy atom. The highest BCUT2D eigenvalue weighted by Gasteiger charge is 2.22. The van der Waals surface area contributed by atoms with Gasteiger partial charge >= 0.3 is 5.69 Å². The fraction of sp³-hybridized carbons (Fsp3) is 0.250. The molecule has 0 atom stereocenters. The molecule has 1 aromatic heterocycles. The Morgan fingerprint density at radius 2 is 1.79 bits per heavy atom. The largest absolute Gasteiger partial charge is 0.366 e. The van der Waals surface area contributed by atoms with Crippen molar-refractivity contribution < 1.29 is 9.31 Å². The van der Waals surface area contributed by atoms with E-state index in [0.29, 0.717) is 37.7 Å². The molecule has 3 rings (SSSR count). The smallest absolute Gasteiger partial charge is 0.305 e. The average Bonchev–Trinajstić information content (AvgIpc) is 2.61. The molecule has 0 saturated carbocycles. The number of nitro groups is 1. The Kier molecular flexibility index (Phi) is 4.24. The second-order valence-electron chi connectivity index (χ2n) is 5.33. The number of nitriles is 1. The van der Waals surface area contributed by atoms with Crippen molar-refractivity contribution in [3.05, 3.63) is 58.0 Å². The van der Waals surface area contributed by atoms with Crippen molar-refractivity contribution >= 4 is 17.2 Å². The number of hydrogen-bond acceptors (Lipinski definition) is 6. The zero-order chi connectivity index (χ0) is 17.1. The third-order valence-electron chi connectivity index (χ3n) is 3.96. The van der Waals surface area contributed by atoms with Crippen LogP contribution in [-0.2, 0) is 0 Å². The molecule has 122 valence electrons. The van der Waals surface area contributed by atoms with Gasteiger partial charge in [0.1, 0.15) is 17.7 Å². The molecule has 2 aromatic rings. The first-order valence-electron chi connectivity index (χ1n) is 7.40. The van der Waals surface area contributed by atoms with Gasteiger partial charge in [-0.15, -0.1) is 0 Å². The summed E-state index contributed by atoms with van der Waals surface area (Å²) in [6.07, 6.45) is 0. The highest BCUT2D eigenvalue weighted by atomic mass is 19.1. The number of halogens is 1. The van der Waals surface area contributed by atoms with E-state index in [0.717, 1.165) is 0 Å². The normalized spacial score (nSPS) is 14.3. The second-order valence-corrected chi connectivity index (χ2v) is 5.33. The maximum absolute atomic E-state index is 13.8. The number of hydrogen-bond donors (Lipinski definition) is 0. The van der Waals surface area contributed by atoms with Crippen LogP contribution in [0.4, 0.5) is 21.6 Å². The van der Waals surface area contributed by atoms with Gasteiger partial charge in [0.15, 0.2) is 0 Å². The molecule has 24 heavy (non-hydrogen) atoms. The monoisotopic (exact) mass is 327 g/mol. The average molecular weight is 327 g/mol. The third-order valence-corrected chi connectivity index (χ3v) is 3.96. The molecule has 0 aliphatic carbocycles. The van der Waals surface area contributed by atoms with Gasteiger partial charge in [-0.1, -0.05) is 12.1 Å². The molecule has 0 amide bonds. The molecule has 0 unspecified atom stereocenters. The Labute approximate surface area is 137 Å². The number of aromatic nitrogens is 1. The van der Waals surface area contributed by atoms with Crippen LogP contribution < -0.4 is 9.80 Å². The summed E-state index contributed by atoms with van der Waals surface area (Å²) in [7, 11) is 0. The number of para-hydroxylation sites is 1. The molecule has 1 fully saturated rings. The summed E-state index contributed by atoms with van der Waals surface area (Å²) in [5.41, 5.74) is 0.0619. The highest BCUT2D eigenvalue weighted by Crippen LogP contribution is 2.24. The Bertz CT molecular complexity index is 812. The van der Waals surface area contributed by atoms with Crippen molar-refractivity contribution in [2.24, 2.45) is 0 Å². The number of pyridine rings is 1. The quantitative estimate of drug-likeness (QED) is 0.635. The minimum atomic E-state index is -0.620. The van der Waals surface area contributed by atoms with Gasteiger partial charge in [0.2, 0.25) is 5.69 Å². The maximum atomic E-state index is 13.8. The van der Waals surface area contributed by atoms with Crippen molar-refractivity contribution in [1.29, 1.82) is 5.26 Å². The van der Waals surface area contributed by atoms with Crippen molar-refractivity contribution in [1.82, 2.24) is 4.98 Å². The van der Waals surface area contributed by atoms with Gasteiger partial charge in [-0.2, -0.15) is 5.26 Å². The van der Waals surface area contributed by atoms with Gasteiger partial charge in [-0.05, 0) is 18.2 Å². The van der Waals surface area contributed by atoms with E-state index in [1.165, 1.54) is 18.2 Å². The Balaban J connectivity index is 1.74. The lowest BCUT2D eigenvalue weighted by atomic mass is 10.2. The minimum Gasteiger partial charge on any atom is -0.366 e. The lowest BCUT2D eigenvalue weighted by molar-refractivity contribution is -0.385. The Hall–Kier alpha value is -3.21. The number of anilines is 2. The lowest BCUT2D eigenvalue weighted by Crippen LogP contribution is -2.47. The van der Waals surface area contributed by atoms with Gasteiger partial charge in [0.25, 0.3) is 0 Å². The zero-order valence-corrected chi connectivity index (χ0v) is 12.7. The fourth-order valence-corrected chi connectivity index (χ4v) is 2.73. The van der Waals surface area contributed by atoms with Crippen LogP contribution in [0, 0.1) is 27.3 Å². The summed E-state index contributed by atoms with van der Waals surface area (Å²) in [6.45, 7) is 2.37. The van der Waals surface area contributed by atoms with Gasteiger partial charge in [0, 0.05) is 32.2 Å². The van der Waals surface area contributed by atoms with Gasteiger partial charge in [-0.3, -0.25) is 10.1 Å². The summed E-state index contributed by atoms with van der Waals surface area (Å²) in [5.74, 6) is 0.261. The molecule has 7 nitrogen and oxygen atoms in total. The van der Waals surface area contributed by atoms with Crippen LogP contribution in [-0.4, -0.2) is 36.1 Å². The summed E-state index contributed by atoms with van der Waals surface area (Å²) in [4.78, 5) is 18.2. The summed E-state index contributed by atoms with van der Waals surface area (Å²) in [5, 5.41) is 19.9. The van der Waals surface area contributed by atoms with Gasteiger partial charge < -0.3 is 9.80 Å². The predicted molar refractivity (Wildman–Crippen MR) is 86.4 cm³/mol. The first-order chi connectivity index (χ1) is 11.6. The summed E-state index contributed by atoms with van der Waals surface area (Å²) in [6, 6.07) is 11.2. The molecule has 8 heteroatoms. The van der Waals surface area contributed by atoms with Crippen molar-refractivity contribution in [3.8, 4) is 6.07 Å². The number of benzene rings is 1. The summed E-state index contributed by atoms with van der Waals surface area (Å²) >= 11 is 0. The molecular weight excluding hydrogens is 313 g/mol. The van der Waals surface area contributed by atoms with E-state index in [9.17, 15) is 14.5 Å². The van der Waals surface area contributed by atoms with Crippen molar-refractivity contribution in [3.63, 3.8) is 0 Å². The maximum Gasteiger partial charge on any atom is 0.305 e. The van der Waals surface area contributed by atoms with Crippen LogP contribution in [0.1, 0.15) is 5.69 Å². The highest BCUT2D eigenvalue weighted by molar-refractivity contribution is 5.54. The van der Waals surface area contributed by atoms with Crippen molar-refractivity contribution in [2.45, 2.75) is 0 Å². The number of nitrogens with zero attached hydrogens (tertiary/aromatic N) is 5. The van der Waals surface area contributed by atoms with E-state index in [-0.39, 0.29) is 17.2 Å². The third kappa shape index (κ3) is 2.96. The first-order valence-corrected chi connectivity index (χ1v) is 7.40. The Morgan fingerprint density at radius 1 is 1.12 bits per heavy atom. The van der Waals surface area contributed by atoms with E-state index >= 15 is 0 Å². The van der Waals surface area contributed by atoms with Crippen LogP contribution in [0.25, 0.3) is 0 Å². The van der Waals surface area contributed by atoms with E-state index in [4.69, 9.17) is 5.26 Å². The lowest BCUT2D eigenvalue weighted by Gasteiger charge is -2.36. The molecule has 0 spiro atoms. The van der Waals surface area contributed by atoms with Crippen LogP contribution in [0.3, 0.4) is 0 Å². The molecule has 0 bridgehead atoms. The molecular formula is C16H14FN5O2. The van der Waals surface area contributed by atoms with E-state index in [2.05, 4.69) is 4.98 Å². The van der Waals surface area contributed by atoms with E-state index in [1.54, 1.807) is 24.3 Å².